The molecule has 6 nitrogen and oxygen atoms in total. The lowest BCUT2D eigenvalue weighted by Gasteiger charge is -2.43. The summed E-state index contributed by atoms with van der Waals surface area (Å²) in [5.74, 6) is 5.09. The maximum atomic E-state index is 7.69. The summed E-state index contributed by atoms with van der Waals surface area (Å²) in [7, 11) is 0. The Morgan fingerprint density at radius 2 is 0.779 bits per heavy atom. The largest absolute Gasteiger partial charge is 0.458 e. The molecular weight excluding hydrogens is 832 g/mol. The third-order valence-electron chi connectivity index (χ3n) is 14.8. The number of anilines is 3. The van der Waals surface area contributed by atoms with Gasteiger partial charge in [-0.25, -0.2) is 0 Å². The molecule has 4 aliphatic heterocycles. The molecule has 0 fully saturated rings. The van der Waals surface area contributed by atoms with Crippen LogP contribution in [0.1, 0.15) is 0 Å². The fourth-order valence-corrected chi connectivity index (χ4v) is 12.2. The molecule has 314 valence electrons. The van der Waals surface area contributed by atoms with Crippen LogP contribution in [0.2, 0.25) is 0 Å². The van der Waals surface area contributed by atoms with Crippen molar-refractivity contribution in [2.24, 2.45) is 0 Å². The van der Waals surface area contributed by atoms with Gasteiger partial charge in [0.1, 0.15) is 34.5 Å². The third kappa shape index (κ3) is 4.68. The van der Waals surface area contributed by atoms with E-state index in [1.807, 2.05) is 0 Å². The molecule has 4 aliphatic rings. The number of aromatic nitrogens is 2. The zero-order valence-electron chi connectivity index (χ0n) is 36.4. The second-order valence-electron chi connectivity index (χ2n) is 18.3. The van der Waals surface area contributed by atoms with Gasteiger partial charge in [-0.05, 0) is 94.0 Å². The summed E-state index contributed by atoms with van der Waals surface area (Å²) >= 11 is 0. The highest BCUT2D eigenvalue weighted by molar-refractivity contribution is 7.01. The van der Waals surface area contributed by atoms with Crippen LogP contribution >= 0.6 is 0 Å². The van der Waals surface area contributed by atoms with Crippen molar-refractivity contribution in [3.8, 4) is 45.9 Å². The van der Waals surface area contributed by atoms with Crippen LogP contribution in [0.4, 0.5) is 17.1 Å². The van der Waals surface area contributed by atoms with Gasteiger partial charge in [-0.2, -0.15) is 0 Å². The first-order valence-electron chi connectivity index (χ1n) is 23.3. The van der Waals surface area contributed by atoms with E-state index in [1.54, 1.807) is 0 Å². The Morgan fingerprint density at radius 1 is 0.324 bits per heavy atom. The quantitative estimate of drug-likeness (QED) is 0.166. The summed E-state index contributed by atoms with van der Waals surface area (Å²) < 4.78 is 26.8. The lowest BCUT2D eigenvalue weighted by atomic mass is 9.32. The molecule has 0 aliphatic carbocycles. The Labute approximate surface area is 391 Å². The maximum Gasteiger partial charge on any atom is 0.260 e. The van der Waals surface area contributed by atoms with Crippen molar-refractivity contribution in [1.82, 2.24) is 9.13 Å². The maximum absolute atomic E-state index is 7.69. The Morgan fingerprint density at radius 3 is 1.38 bits per heavy atom. The van der Waals surface area contributed by atoms with Crippen molar-refractivity contribution in [3.05, 3.63) is 212 Å². The highest BCUT2D eigenvalue weighted by atomic mass is 16.5. The minimum atomic E-state index is -0.165. The number of para-hydroxylation sites is 7. The summed E-state index contributed by atoms with van der Waals surface area (Å²) in [4.78, 5) is 2.45. The normalized spacial score (nSPS) is 13.6. The average molecular weight is 868 g/mol. The van der Waals surface area contributed by atoms with Crippen LogP contribution in [0.15, 0.2) is 212 Å². The van der Waals surface area contributed by atoms with Crippen LogP contribution in [-0.4, -0.2) is 22.6 Å². The standard InChI is InChI=1S/C60H35B2N3O3/c1-4-18-36(19-5-1)63-45-28-14-10-24-39(45)53-47(63)34-49-55-59(53)66-50-30-16-12-26-41(50)61(55)43-32-33-44-58(57(43)65(49)38-22-8-3-9-23-38)68-52-35-48-54(60-56(52)62(44)42-27-13-17-31-51(42)67-60)40-25-11-15-29-46(40)64(48)37-20-6-2-7-21-37/h1-35H. The molecule has 16 rings (SSSR count). The van der Waals surface area contributed by atoms with Gasteiger partial charge in [0.25, 0.3) is 13.4 Å². The minimum absolute atomic E-state index is 0.154. The third-order valence-corrected chi connectivity index (χ3v) is 14.8. The molecular formula is C60H35B2N3O3. The topological polar surface area (TPSA) is 40.8 Å². The van der Waals surface area contributed by atoms with Crippen LogP contribution in [0, 0.1) is 0 Å². The Kier molecular flexibility index (Phi) is 7.15. The molecule has 0 N–H and O–H groups in total. The average Bonchev–Trinajstić information content (AvgIpc) is 3.92. The highest BCUT2D eigenvalue weighted by Gasteiger charge is 2.49. The van der Waals surface area contributed by atoms with Crippen molar-refractivity contribution in [2.75, 3.05) is 4.90 Å². The number of ether oxygens (including phenoxy) is 3. The van der Waals surface area contributed by atoms with Gasteiger partial charge in [-0.15, -0.1) is 0 Å². The molecule has 10 aromatic carbocycles. The molecule has 0 unspecified atom stereocenters. The van der Waals surface area contributed by atoms with Crippen molar-refractivity contribution in [3.63, 3.8) is 0 Å². The Hall–Kier alpha value is -8.87. The molecule has 12 aromatic rings. The van der Waals surface area contributed by atoms with Crippen LogP contribution in [0.25, 0.3) is 55.0 Å². The van der Waals surface area contributed by atoms with E-state index in [1.165, 1.54) is 0 Å². The Balaban J connectivity index is 1.04. The Bertz CT molecular complexity index is 4150. The molecule has 6 heterocycles. The number of fused-ring (bicyclic) bond motifs is 17. The first-order chi connectivity index (χ1) is 33.8. The monoisotopic (exact) mass is 867 g/mol. The second kappa shape index (κ2) is 13.4. The fraction of sp³-hybridized carbons (Fsp3) is 0. The first-order valence-corrected chi connectivity index (χ1v) is 23.3. The molecule has 0 bridgehead atoms. The molecule has 0 saturated carbocycles. The van der Waals surface area contributed by atoms with Gasteiger partial charge in [0.2, 0.25) is 0 Å². The molecule has 0 spiro atoms. The van der Waals surface area contributed by atoms with Crippen LogP contribution in [0.3, 0.4) is 0 Å². The first kappa shape index (κ1) is 36.4. The predicted molar refractivity (Wildman–Crippen MR) is 279 cm³/mol. The molecule has 0 atom stereocenters. The molecule has 0 saturated heterocycles. The number of benzene rings is 10. The summed E-state index contributed by atoms with van der Waals surface area (Å²) in [5, 5.41) is 4.47. The van der Waals surface area contributed by atoms with Gasteiger partial charge in [0.15, 0.2) is 0 Å². The predicted octanol–water partition coefficient (Wildman–Crippen LogP) is 11.0. The number of nitrogens with zero attached hydrogens (tertiary/aromatic N) is 3. The van der Waals surface area contributed by atoms with E-state index in [-0.39, 0.29) is 13.4 Å². The van der Waals surface area contributed by atoms with Crippen LogP contribution in [0.5, 0.6) is 34.5 Å². The highest BCUT2D eigenvalue weighted by Crippen LogP contribution is 2.51. The van der Waals surface area contributed by atoms with E-state index >= 15 is 0 Å². The van der Waals surface area contributed by atoms with Gasteiger partial charge in [0, 0.05) is 45.1 Å². The van der Waals surface area contributed by atoms with Gasteiger partial charge >= 0.3 is 0 Å². The number of rotatable bonds is 3. The summed E-state index contributed by atoms with van der Waals surface area (Å²) in [5.41, 5.74) is 16.3. The number of hydrogen-bond acceptors (Lipinski definition) is 4. The summed E-state index contributed by atoms with van der Waals surface area (Å²) in [6.07, 6.45) is 0. The minimum Gasteiger partial charge on any atom is -0.458 e. The van der Waals surface area contributed by atoms with E-state index < -0.39 is 0 Å². The fourth-order valence-electron chi connectivity index (χ4n) is 12.2. The van der Waals surface area contributed by atoms with Crippen molar-refractivity contribution < 1.29 is 14.2 Å². The zero-order chi connectivity index (χ0) is 44.2. The SMILES string of the molecule is c1ccc(N2c3cc4c(c5c3B(c3ccccc3O5)c3ccc5c(c32)Oc2cc3c(c6c2B5c2ccccc2O6)c2ccccc2n3-c2ccccc2)c2ccccc2n4-c2ccccc2)cc1. The molecule has 0 radical (unpaired) electrons. The summed E-state index contributed by atoms with van der Waals surface area (Å²) in [6, 6.07) is 76.0. The van der Waals surface area contributed by atoms with Gasteiger partial charge in [-0.3, -0.25) is 0 Å². The van der Waals surface area contributed by atoms with Gasteiger partial charge in [-0.1, -0.05) is 140 Å². The lowest BCUT2D eigenvalue weighted by Crippen LogP contribution is -2.62. The van der Waals surface area contributed by atoms with Crippen LogP contribution in [-0.2, 0) is 0 Å². The zero-order valence-corrected chi connectivity index (χ0v) is 36.4. The molecule has 0 amide bonds. The number of hydrogen-bond donors (Lipinski definition) is 0. The second-order valence-corrected chi connectivity index (χ2v) is 18.3. The summed E-state index contributed by atoms with van der Waals surface area (Å²) in [6.45, 7) is -0.319. The molecule has 2 aromatic heterocycles. The lowest BCUT2D eigenvalue weighted by molar-refractivity contribution is 0.469. The van der Waals surface area contributed by atoms with E-state index in [9.17, 15) is 0 Å². The van der Waals surface area contributed by atoms with Crippen molar-refractivity contribution in [2.45, 2.75) is 0 Å². The molecule has 8 heteroatoms. The van der Waals surface area contributed by atoms with E-state index in [4.69, 9.17) is 14.2 Å². The van der Waals surface area contributed by atoms with E-state index in [2.05, 4.69) is 226 Å². The van der Waals surface area contributed by atoms with E-state index in [0.717, 1.165) is 139 Å². The van der Waals surface area contributed by atoms with Crippen molar-refractivity contribution in [1.29, 1.82) is 0 Å². The van der Waals surface area contributed by atoms with Crippen molar-refractivity contribution >= 4 is 107 Å². The van der Waals surface area contributed by atoms with Crippen LogP contribution < -0.4 is 51.9 Å². The molecule has 68 heavy (non-hydrogen) atoms. The van der Waals surface area contributed by atoms with Gasteiger partial charge in [0.05, 0.1) is 38.5 Å². The van der Waals surface area contributed by atoms with E-state index in [0.29, 0.717) is 0 Å². The van der Waals surface area contributed by atoms with Gasteiger partial charge < -0.3 is 28.2 Å². The smallest absolute Gasteiger partial charge is 0.260 e.